The third-order valence-corrected chi connectivity index (χ3v) is 3.89. The van der Waals surface area contributed by atoms with E-state index in [-0.39, 0.29) is 12.5 Å². The number of carbonyl (C=O) groups is 1. The minimum Gasteiger partial charge on any atom is -0.484 e. The summed E-state index contributed by atoms with van der Waals surface area (Å²) in [4.78, 5) is 16.2. The number of nitrogens with zero attached hydrogens (tertiary/aromatic N) is 2. The second-order valence-corrected chi connectivity index (χ2v) is 6.03. The number of amides is 1. The summed E-state index contributed by atoms with van der Waals surface area (Å²) in [5, 5.41) is 6.76. The molecule has 0 spiro atoms. The molecule has 0 bridgehead atoms. The van der Waals surface area contributed by atoms with Gasteiger partial charge >= 0.3 is 0 Å². The molecule has 6 nitrogen and oxygen atoms in total. The summed E-state index contributed by atoms with van der Waals surface area (Å²) in [6.45, 7) is 4.35. The zero-order valence-corrected chi connectivity index (χ0v) is 14.9. The van der Waals surface area contributed by atoms with Crippen LogP contribution in [0.2, 0.25) is 0 Å². The van der Waals surface area contributed by atoms with Crippen molar-refractivity contribution in [3.05, 3.63) is 65.5 Å². The van der Waals surface area contributed by atoms with Gasteiger partial charge in [0.05, 0.1) is 0 Å². The average molecular weight is 351 g/mol. The van der Waals surface area contributed by atoms with Crippen LogP contribution in [-0.2, 0) is 11.2 Å². The number of nitrogens with one attached hydrogen (secondary N) is 1. The monoisotopic (exact) mass is 351 g/mol. The van der Waals surface area contributed by atoms with Gasteiger partial charge < -0.3 is 14.6 Å². The minimum absolute atomic E-state index is 0.0245. The van der Waals surface area contributed by atoms with Gasteiger partial charge in [0.2, 0.25) is 11.7 Å². The molecule has 3 rings (SSSR count). The number of hydrogen-bond donors (Lipinski definition) is 1. The summed E-state index contributed by atoms with van der Waals surface area (Å²) in [6.07, 6.45) is 0.467. The molecule has 3 aromatic rings. The molecule has 1 heterocycles. The van der Waals surface area contributed by atoms with Gasteiger partial charge in [0.25, 0.3) is 5.91 Å². The number of aromatic nitrogens is 2. The Bertz CT molecular complexity index is 872. The molecular formula is C20H21N3O3. The van der Waals surface area contributed by atoms with Crippen molar-refractivity contribution in [2.24, 2.45) is 0 Å². The molecule has 6 heteroatoms. The van der Waals surface area contributed by atoms with Gasteiger partial charge in [-0.25, -0.2) is 0 Å². The van der Waals surface area contributed by atoms with Crippen LogP contribution in [0.15, 0.2) is 53.1 Å². The van der Waals surface area contributed by atoms with Crippen LogP contribution in [0.4, 0.5) is 0 Å². The zero-order valence-electron chi connectivity index (χ0n) is 14.9. The highest BCUT2D eigenvalue weighted by Crippen LogP contribution is 2.17. The van der Waals surface area contributed by atoms with E-state index in [0.29, 0.717) is 30.4 Å². The summed E-state index contributed by atoms with van der Waals surface area (Å²) in [6, 6.07) is 15.5. The zero-order chi connectivity index (χ0) is 18.4. The highest BCUT2D eigenvalue weighted by atomic mass is 16.5. The fraction of sp³-hybridized carbons (Fsp3) is 0.250. The minimum atomic E-state index is -0.188. The van der Waals surface area contributed by atoms with E-state index in [2.05, 4.69) is 15.5 Å². The van der Waals surface area contributed by atoms with Crippen LogP contribution in [0.5, 0.6) is 5.75 Å². The first-order valence-electron chi connectivity index (χ1n) is 8.46. The van der Waals surface area contributed by atoms with E-state index < -0.39 is 0 Å². The second-order valence-electron chi connectivity index (χ2n) is 6.03. The lowest BCUT2D eigenvalue weighted by Gasteiger charge is -2.08. The van der Waals surface area contributed by atoms with Crippen molar-refractivity contribution < 1.29 is 14.1 Å². The number of aryl methyl sites for hydroxylation is 2. The van der Waals surface area contributed by atoms with Crippen LogP contribution in [0.3, 0.4) is 0 Å². The highest BCUT2D eigenvalue weighted by Gasteiger charge is 2.09. The molecule has 1 N–H and O–H groups in total. The maximum Gasteiger partial charge on any atom is 0.257 e. The molecule has 26 heavy (non-hydrogen) atoms. The third-order valence-electron chi connectivity index (χ3n) is 3.89. The average Bonchev–Trinajstić information content (AvgIpc) is 3.10. The molecule has 0 fully saturated rings. The van der Waals surface area contributed by atoms with Crippen LogP contribution in [0, 0.1) is 13.8 Å². The SMILES string of the molecule is Cc1ccc(-c2noc(CCNC(=O)COc3ccccc3C)n2)cc1. The van der Waals surface area contributed by atoms with Crippen LogP contribution in [0.1, 0.15) is 17.0 Å². The molecule has 0 aliphatic heterocycles. The largest absolute Gasteiger partial charge is 0.484 e. The number of rotatable bonds is 7. The van der Waals surface area contributed by atoms with Gasteiger partial charge in [-0.2, -0.15) is 4.98 Å². The van der Waals surface area contributed by atoms with E-state index in [9.17, 15) is 4.79 Å². The summed E-state index contributed by atoms with van der Waals surface area (Å²) in [5.41, 5.74) is 3.07. The first kappa shape index (κ1) is 17.7. The lowest BCUT2D eigenvalue weighted by Crippen LogP contribution is -2.30. The van der Waals surface area contributed by atoms with Gasteiger partial charge in [-0.15, -0.1) is 0 Å². The molecule has 1 aromatic heterocycles. The second kappa shape index (κ2) is 8.29. The van der Waals surface area contributed by atoms with Crippen molar-refractivity contribution in [3.63, 3.8) is 0 Å². The lowest BCUT2D eigenvalue weighted by atomic mass is 10.1. The molecular weight excluding hydrogens is 330 g/mol. The number of benzene rings is 2. The molecule has 134 valence electrons. The summed E-state index contributed by atoms with van der Waals surface area (Å²) in [5.74, 6) is 1.56. The first-order chi connectivity index (χ1) is 12.6. The van der Waals surface area contributed by atoms with E-state index in [0.717, 1.165) is 11.1 Å². The fourth-order valence-corrected chi connectivity index (χ4v) is 2.40. The Kier molecular flexibility index (Phi) is 5.63. The predicted octanol–water partition coefficient (Wildman–Crippen LogP) is 3.09. The van der Waals surface area contributed by atoms with Crippen molar-refractivity contribution in [2.45, 2.75) is 20.3 Å². The molecule has 0 aliphatic carbocycles. The number of para-hydroxylation sites is 1. The van der Waals surface area contributed by atoms with E-state index in [1.54, 1.807) is 0 Å². The summed E-state index contributed by atoms with van der Waals surface area (Å²) < 4.78 is 10.7. The van der Waals surface area contributed by atoms with Crippen LogP contribution in [0.25, 0.3) is 11.4 Å². The molecule has 0 saturated heterocycles. The van der Waals surface area contributed by atoms with Gasteiger partial charge in [-0.05, 0) is 25.5 Å². The van der Waals surface area contributed by atoms with Crippen molar-refractivity contribution in [2.75, 3.05) is 13.2 Å². The standard InChI is InChI=1S/C20H21N3O3/c1-14-7-9-16(10-8-14)20-22-19(26-23-20)11-12-21-18(24)13-25-17-6-4-3-5-15(17)2/h3-10H,11-13H2,1-2H3,(H,21,24). The Morgan fingerprint density at radius 1 is 1.12 bits per heavy atom. The maximum atomic E-state index is 11.9. The normalized spacial score (nSPS) is 10.5. The number of carbonyl (C=O) groups excluding carboxylic acids is 1. The topological polar surface area (TPSA) is 77.2 Å². The Hall–Kier alpha value is -3.15. The van der Waals surface area contributed by atoms with Crippen molar-refractivity contribution in [1.82, 2.24) is 15.5 Å². The Morgan fingerprint density at radius 2 is 1.88 bits per heavy atom. The van der Waals surface area contributed by atoms with Crippen molar-refractivity contribution >= 4 is 5.91 Å². The van der Waals surface area contributed by atoms with Crippen molar-refractivity contribution in [3.8, 4) is 17.1 Å². The third kappa shape index (κ3) is 4.69. The number of hydrogen-bond acceptors (Lipinski definition) is 5. The quantitative estimate of drug-likeness (QED) is 0.708. The maximum absolute atomic E-state index is 11.9. The molecule has 2 aromatic carbocycles. The highest BCUT2D eigenvalue weighted by molar-refractivity contribution is 5.77. The van der Waals surface area contributed by atoms with E-state index in [4.69, 9.17) is 9.26 Å². The summed E-state index contributed by atoms with van der Waals surface area (Å²) >= 11 is 0. The molecule has 0 aliphatic rings. The Balaban J connectivity index is 1.44. The molecule has 1 amide bonds. The molecule has 0 radical (unpaired) electrons. The predicted molar refractivity (Wildman–Crippen MR) is 97.9 cm³/mol. The van der Waals surface area contributed by atoms with Gasteiger partial charge in [-0.1, -0.05) is 53.2 Å². The van der Waals surface area contributed by atoms with Gasteiger partial charge in [-0.3, -0.25) is 4.79 Å². The van der Waals surface area contributed by atoms with Crippen LogP contribution >= 0.6 is 0 Å². The van der Waals surface area contributed by atoms with E-state index in [1.165, 1.54) is 5.56 Å². The van der Waals surface area contributed by atoms with Crippen LogP contribution < -0.4 is 10.1 Å². The van der Waals surface area contributed by atoms with Crippen molar-refractivity contribution in [1.29, 1.82) is 0 Å². The van der Waals surface area contributed by atoms with Crippen LogP contribution in [-0.4, -0.2) is 29.2 Å². The van der Waals surface area contributed by atoms with Gasteiger partial charge in [0.1, 0.15) is 5.75 Å². The first-order valence-corrected chi connectivity index (χ1v) is 8.46. The van der Waals surface area contributed by atoms with E-state index >= 15 is 0 Å². The Morgan fingerprint density at radius 3 is 2.65 bits per heavy atom. The smallest absolute Gasteiger partial charge is 0.257 e. The Labute approximate surface area is 152 Å². The molecule has 0 unspecified atom stereocenters. The lowest BCUT2D eigenvalue weighted by molar-refractivity contribution is -0.123. The molecule has 0 saturated carbocycles. The van der Waals surface area contributed by atoms with Gasteiger partial charge in [0, 0.05) is 18.5 Å². The molecule has 0 atom stereocenters. The number of ether oxygens (including phenoxy) is 1. The fourth-order valence-electron chi connectivity index (χ4n) is 2.40. The van der Waals surface area contributed by atoms with E-state index in [1.807, 2.05) is 62.4 Å². The van der Waals surface area contributed by atoms with Gasteiger partial charge in [0.15, 0.2) is 6.61 Å². The summed E-state index contributed by atoms with van der Waals surface area (Å²) in [7, 11) is 0.